The minimum atomic E-state index is -0.119. The number of methoxy groups -OCH3 is 1. The Morgan fingerprint density at radius 3 is 2.53 bits per heavy atom. The van der Waals surface area contributed by atoms with E-state index in [1.165, 1.54) is 0 Å². The molecule has 0 aromatic carbocycles. The number of amides is 1. The Kier molecular flexibility index (Phi) is 6.52. The van der Waals surface area contributed by atoms with Crippen molar-refractivity contribution in [1.29, 1.82) is 0 Å². The van der Waals surface area contributed by atoms with E-state index in [4.69, 9.17) is 4.74 Å². The van der Waals surface area contributed by atoms with Crippen molar-refractivity contribution < 1.29 is 9.53 Å². The second-order valence-corrected chi connectivity index (χ2v) is 4.46. The predicted molar refractivity (Wildman–Crippen MR) is 61.9 cm³/mol. The smallest absolute Gasteiger partial charge is 0.234 e. The monoisotopic (exact) mass is 216 g/mol. The molecule has 15 heavy (non-hydrogen) atoms. The zero-order chi connectivity index (χ0) is 11.9. The van der Waals surface area contributed by atoms with Crippen LogP contribution in [0.15, 0.2) is 0 Å². The van der Waals surface area contributed by atoms with Gasteiger partial charge < -0.3 is 15.4 Å². The Morgan fingerprint density at radius 2 is 2.07 bits per heavy atom. The molecule has 0 aliphatic rings. The van der Waals surface area contributed by atoms with Gasteiger partial charge in [-0.3, -0.25) is 4.79 Å². The molecule has 1 atom stereocenters. The molecule has 1 amide bonds. The second-order valence-electron chi connectivity index (χ2n) is 4.46. The standard InChI is InChI=1S/C11H24N2O2/c1-6-11(3,4)13-10(14)8-12-7-9(2)15-5/h9,12H,6-8H2,1-5H3,(H,13,14). The van der Waals surface area contributed by atoms with Crippen LogP contribution in [0, 0.1) is 0 Å². The molecule has 0 aromatic rings. The highest BCUT2D eigenvalue weighted by Crippen LogP contribution is 2.05. The SMILES string of the molecule is CCC(C)(C)NC(=O)CNCC(C)OC. The van der Waals surface area contributed by atoms with Gasteiger partial charge >= 0.3 is 0 Å². The van der Waals surface area contributed by atoms with Crippen molar-refractivity contribution in [2.45, 2.75) is 45.8 Å². The first-order chi connectivity index (χ1) is 6.91. The summed E-state index contributed by atoms with van der Waals surface area (Å²) < 4.78 is 5.06. The van der Waals surface area contributed by atoms with E-state index in [0.717, 1.165) is 6.42 Å². The third kappa shape index (κ3) is 7.33. The number of ether oxygens (including phenoxy) is 1. The van der Waals surface area contributed by atoms with Crippen LogP contribution in [-0.4, -0.2) is 37.7 Å². The summed E-state index contributed by atoms with van der Waals surface area (Å²) in [4.78, 5) is 11.5. The van der Waals surface area contributed by atoms with Crippen molar-refractivity contribution >= 4 is 5.91 Å². The number of hydrogen-bond donors (Lipinski definition) is 2. The van der Waals surface area contributed by atoms with Crippen LogP contribution in [-0.2, 0) is 9.53 Å². The van der Waals surface area contributed by atoms with Crippen LogP contribution in [0.4, 0.5) is 0 Å². The Bertz CT molecular complexity index is 193. The fourth-order valence-corrected chi connectivity index (χ4v) is 0.982. The van der Waals surface area contributed by atoms with Crippen LogP contribution in [0.25, 0.3) is 0 Å². The lowest BCUT2D eigenvalue weighted by molar-refractivity contribution is -0.121. The molecule has 90 valence electrons. The molecule has 0 rings (SSSR count). The summed E-state index contributed by atoms with van der Waals surface area (Å²) in [5, 5.41) is 6.00. The Labute approximate surface area is 92.8 Å². The number of carbonyl (C=O) groups excluding carboxylic acids is 1. The molecule has 0 heterocycles. The van der Waals surface area contributed by atoms with Gasteiger partial charge in [-0.05, 0) is 27.2 Å². The van der Waals surface area contributed by atoms with Crippen molar-refractivity contribution in [3.05, 3.63) is 0 Å². The summed E-state index contributed by atoms with van der Waals surface area (Å²) in [6.45, 7) is 9.08. The van der Waals surface area contributed by atoms with Gasteiger partial charge in [-0.25, -0.2) is 0 Å². The van der Waals surface area contributed by atoms with Crippen molar-refractivity contribution in [2.24, 2.45) is 0 Å². The van der Waals surface area contributed by atoms with Crippen LogP contribution in [0.3, 0.4) is 0 Å². The van der Waals surface area contributed by atoms with Gasteiger partial charge in [-0.15, -0.1) is 0 Å². The topological polar surface area (TPSA) is 50.4 Å². The van der Waals surface area contributed by atoms with E-state index in [9.17, 15) is 4.79 Å². The Hall–Kier alpha value is -0.610. The van der Waals surface area contributed by atoms with Gasteiger partial charge in [0.1, 0.15) is 0 Å². The maximum absolute atomic E-state index is 11.5. The first kappa shape index (κ1) is 14.4. The molecule has 2 N–H and O–H groups in total. The number of rotatable bonds is 7. The summed E-state index contributed by atoms with van der Waals surface area (Å²) in [6.07, 6.45) is 1.06. The molecule has 0 radical (unpaired) electrons. The summed E-state index contributed by atoms with van der Waals surface area (Å²) in [5.74, 6) is 0.0325. The molecule has 0 saturated heterocycles. The van der Waals surface area contributed by atoms with E-state index >= 15 is 0 Å². The summed E-state index contributed by atoms with van der Waals surface area (Å²) >= 11 is 0. The van der Waals surface area contributed by atoms with E-state index < -0.39 is 0 Å². The predicted octanol–water partition coefficient (Wildman–Crippen LogP) is 0.916. The third-order valence-corrected chi connectivity index (χ3v) is 2.48. The van der Waals surface area contributed by atoms with Gasteiger partial charge in [0.15, 0.2) is 0 Å². The lowest BCUT2D eigenvalue weighted by Gasteiger charge is -2.24. The van der Waals surface area contributed by atoms with Crippen molar-refractivity contribution in [3.8, 4) is 0 Å². The normalized spacial score (nSPS) is 13.7. The minimum Gasteiger partial charge on any atom is -0.380 e. The highest BCUT2D eigenvalue weighted by atomic mass is 16.5. The molecule has 0 fully saturated rings. The number of nitrogens with one attached hydrogen (secondary N) is 2. The van der Waals surface area contributed by atoms with Gasteiger partial charge in [0.2, 0.25) is 5.91 Å². The van der Waals surface area contributed by atoms with Crippen LogP contribution in [0.5, 0.6) is 0 Å². The summed E-state index contributed by atoms with van der Waals surface area (Å²) in [6, 6.07) is 0. The summed E-state index contributed by atoms with van der Waals surface area (Å²) in [5.41, 5.74) is -0.119. The van der Waals surface area contributed by atoms with Crippen LogP contribution >= 0.6 is 0 Å². The van der Waals surface area contributed by atoms with E-state index in [0.29, 0.717) is 13.1 Å². The minimum absolute atomic E-state index is 0.0325. The van der Waals surface area contributed by atoms with Crippen LogP contribution < -0.4 is 10.6 Å². The van der Waals surface area contributed by atoms with Gasteiger partial charge in [-0.1, -0.05) is 6.92 Å². The number of hydrogen-bond acceptors (Lipinski definition) is 3. The molecule has 1 unspecified atom stereocenters. The van der Waals surface area contributed by atoms with E-state index in [1.54, 1.807) is 7.11 Å². The van der Waals surface area contributed by atoms with E-state index in [2.05, 4.69) is 17.6 Å². The highest BCUT2D eigenvalue weighted by molar-refractivity contribution is 5.78. The molecule has 0 aliphatic heterocycles. The fraction of sp³-hybridized carbons (Fsp3) is 0.909. The Balaban J connectivity index is 3.67. The zero-order valence-electron chi connectivity index (χ0n) is 10.5. The first-order valence-corrected chi connectivity index (χ1v) is 5.45. The lowest BCUT2D eigenvalue weighted by atomic mass is 10.0. The zero-order valence-corrected chi connectivity index (χ0v) is 10.5. The maximum Gasteiger partial charge on any atom is 0.234 e. The first-order valence-electron chi connectivity index (χ1n) is 5.45. The molecule has 4 heteroatoms. The Morgan fingerprint density at radius 1 is 1.47 bits per heavy atom. The highest BCUT2D eigenvalue weighted by Gasteiger charge is 2.17. The van der Waals surface area contributed by atoms with Crippen molar-refractivity contribution in [2.75, 3.05) is 20.2 Å². The molecule has 0 aromatic heterocycles. The lowest BCUT2D eigenvalue weighted by Crippen LogP contribution is -2.47. The quantitative estimate of drug-likeness (QED) is 0.665. The second kappa shape index (κ2) is 6.80. The van der Waals surface area contributed by atoms with Gasteiger partial charge in [0.25, 0.3) is 0 Å². The molecule has 0 aliphatic carbocycles. The van der Waals surface area contributed by atoms with Crippen LogP contribution in [0.1, 0.15) is 34.1 Å². The van der Waals surface area contributed by atoms with Crippen LogP contribution in [0.2, 0.25) is 0 Å². The van der Waals surface area contributed by atoms with Gasteiger partial charge in [0.05, 0.1) is 12.6 Å². The van der Waals surface area contributed by atoms with Crippen molar-refractivity contribution in [1.82, 2.24) is 10.6 Å². The molecule has 4 nitrogen and oxygen atoms in total. The fourth-order valence-electron chi connectivity index (χ4n) is 0.982. The molecular weight excluding hydrogens is 192 g/mol. The third-order valence-electron chi connectivity index (χ3n) is 2.48. The molecule has 0 spiro atoms. The van der Waals surface area contributed by atoms with E-state index in [-0.39, 0.29) is 17.6 Å². The average molecular weight is 216 g/mol. The maximum atomic E-state index is 11.5. The van der Waals surface area contributed by atoms with Gasteiger partial charge in [-0.2, -0.15) is 0 Å². The largest absolute Gasteiger partial charge is 0.380 e. The molecule has 0 saturated carbocycles. The molecular formula is C11H24N2O2. The van der Waals surface area contributed by atoms with Gasteiger partial charge in [0, 0.05) is 19.2 Å². The van der Waals surface area contributed by atoms with E-state index in [1.807, 2.05) is 20.8 Å². The summed E-state index contributed by atoms with van der Waals surface area (Å²) in [7, 11) is 1.66. The average Bonchev–Trinajstić information content (AvgIpc) is 2.16. The van der Waals surface area contributed by atoms with Crippen molar-refractivity contribution in [3.63, 3.8) is 0 Å². The molecule has 0 bridgehead atoms. The number of carbonyl (C=O) groups is 1.